The van der Waals surface area contributed by atoms with E-state index in [0.29, 0.717) is 11.9 Å². The van der Waals surface area contributed by atoms with Gasteiger partial charge in [-0.05, 0) is 36.8 Å². The smallest absolute Gasteiger partial charge is 0.261 e. The molecule has 0 fully saturated rings. The summed E-state index contributed by atoms with van der Waals surface area (Å²) in [5.74, 6) is 1.48. The highest BCUT2D eigenvalue weighted by Gasteiger charge is 2.15. The monoisotopic (exact) mass is 377 g/mol. The average molecular weight is 377 g/mol. The molecule has 0 bridgehead atoms. The van der Waals surface area contributed by atoms with E-state index in [4.69, 9.17) is 9.47 Å². The molecule has 0 atom stereocenters. The van der Waals surface area contributed by atoms with Crippen molar-refractivity contribution in [2.75, 3.05) is 6.79 Å². The first-order valence-corrected chi connectivity index (χ1v) is 9.36. The molecule has 0 radical (unpaired) electrons. The van der Waals surface area contributed by atoms with Crippen LogP contribution in [-0.4, -0.2) is 21.3 Å². The van der Waals surface area contributed by atoms with Gasteiger partial charge in [-0.1, -0.05) is 12.1 Å². The highest BCUT2D eigenvalue weighted by Crippen LogP contribution is 2.36. The van der Waals surface area contributed by atoms with Crippen molar-refractivity contribution in [1.82, 2.24) is 14.5 Å². The van der Waals surface area contributed by atoms with E-state index < -0.39 is 0 Å². The van der Waals surface area contributed by atoms with Gasteiger partial charge in [0.2, 0.25) is 6.79 Å². The summed E-state index contributed by atoms with van der Waals surface area (Å²) in [6.45, 7) is 2.59. The number of thiazole rings is 1. The summed E-state index contributed by atoms with van der Waals surface area (Å²) >= 11 is 1.54. The van der Waals surface area contributed by atoms with Crippen LogP contribution in [0.3, 0.4) is 0 Å². The number of aryl methyl sites for hydroxylation is 1. The van der Waals surface area contributed by atoms with Crippen LogP contribution in [0.1, 0.15) is 11.3 Å². The van der Waals surface area contributed by atoms with E-state index in [1.165, 1.54) is 11.3 Å². The lowest BCUT2D eigenvalue weighted by molar-refractivity contribution is 0.174. The molecule has 3 heterocycles. The minimum absolute atomic E-state index is 0.0543. The van der Waals surface area contributed by atoms with Crippen molar-refractivity contribution >= 4 is 22.2 Å². The molecule has 2 aromatic carbocycles. The third-order valence-corrected chi connectivity index (χ3v) is 5.50. The van der Waals surface area contributed by atoms with Gasteiger partial charge in [-0.3, -0.25) is 9.36 Å². The van der Waals surface area contributed by atoms with E-state index in [-0.39, 0.29) is 12.4 Å². The van der Waals surface area contributed by atoms with Crippen LogP contribution in [0.2, 0.25) is 0 Å². The van der Waals surface area contributed by atoms with Gasteiger partial charge in [-0.25, -0.2) is 9.97 Å². The summed E-state index contributed by atoms with van der Waals surface area (Å²) in [4.78, 5) is 21.9. The maximum atomic E-state index is 12.8. The van der Waals surface area contributed by atoms with Crippen LogP contribution in [-0.2, 0) is 6.54 Å². The average Bonchev–Trinajstić information content (AvgIpc) is 3.33. The van der Waals surface area contributed by atoms with Gasteiger partial charge in [-0.2, -0.15) is 0 Å². The van der Waals surface area contributed by atoms with Crippen LogP contribution in [0, 0.1) is 6.92 Å². The molecule has 0 saturated heterocycles. The lowest BCUT2D eigenvalue weighted by Gasteiger charge is -2.06. The predicted molar refractivity (Wildman–Crippen MR) is 104 cm³/mol. The number of ether oxygens (including phenoxy) is 2. The molecule has 27 heavy (non-hydrogen) atoms. The zero-order valence-electron chi connectivity index (χ0n) is 14.5. The molecule has 1 aliphatic rings. The molecule has 0 spiro atoms. The number of para-hydroxylation sites is 1. The van der Waals surface area contributed by atoms with Crippen molar-refractivity contribution in [2.24, 2.45) is 0 Å². The Morgan fingerprint density at radius 1 is 1.19 bits per heavy atom. The van der Waals surface area contributed by atoms with Crippen LogP contribution >= 0.6 is 11.3 Å². The zero-order chi connectivity index (χ0) is 18.4. The fourth-order valence-corrected chi connectivity index (χ4v) is 3.97. The number of hydrogen-bond acceptors (Lipinski definition) is 6. The Morgan fingerprint density at radius 3 is 3.00 bits per heavy atom. The molecule has 6 nitrogen and oxygen atoms in total. The maximum absolute atomic E-state index is 12.8. The van der Waals surface area contributed by atoms with E-state index in [1.54, 1.807) is 10.9 Å². The Hall–Kier alpha value is -3.19. The van der Waals surface area contributed by atoms with E-state index in [2.05, 4.69) is 9.97 Å². The summed E-state index contributed by atoms with van der Waals surface area (Å²) in [6.07, 6.45) is 1.59. The standard InChI is InChI=1S/C20H15N3O3S/c1-12-3-2-4-15-18(12)21-10-23(20(15)24)8-14-9-27-19(22-14)13-5-6-16-17(7-13)26-11-25-16/h2-7,9-10H,8,11H2,1H3. The zero-order valence-corrected chi connectivity index (χ0v) is 15.3. The second-order valence-corrected chi connectivity index (χ2v) is 7.22. The van der Waals surface area contributed by atoms with Crippen LogP contribution < -0.4 is 15.0 Å². The van der Waals surface area contributed by atoms with Gasteiger partial charge in [0, 0.05) is 10.9 Å². The Morgan fingerprint density at radius 2 is 2.07 bits per heavy atom. The molecule has 0 amide bonds. The fraction of sp³-hybridized carbons (Fsp3) is 0.150. The Balaban J connectivity index is 1.47. The van der Waals surface area contributed by atoms with Crippen LogP contribution in [0.15, 0.2) is 52.9 Å². The third-order valence-electron chi connectivity index (χ3n) is 4.56. The van der Waals surface area contributed by atoms with Crippen molar-refractivity contribution in [3.05, 3.63) is 69.7 Å². The van der Waals surface area contributed by atoms with Gasteiger partial charge < -0.3 is 9.47 Å². The van der Waals surface area contributed by atoms with E-state index in [0.717, 1.165) is 38.8 Å². The molecule has 1 aliphatic heterocycles. The normalized spacial score (nSPS) is 12.6. The highest BCUT2D eigenvalue weighted by atomic mass is 32.1. The Kier molecular flexibility index (Phi) is 3.68. The minimum Gasteiger partial charge on any atom is -0.454 e. The van der Waals surface area contributed by atoms with Crippen molar-refractivity contribution in [2.45, 2.75) is 13.5 Å². The van der Waals surface area contributed by atoms with E-state index in [9.17, 15) is 4.79 Å². The first kappa shape index (κ1) is 16.0. The van der Waals surface area contributed by atoms with Gasteiger partial charge >= 0.3 is 0 Å². The first-order chi connectivity index (χ1) is 13.2. The third kappa shape index (κ3) is 2.76. The molecule has 2 aromatic heterocycles. The summed E-state index contributed by atoms with van der Waals surface area (Å²) in [6, 6.07) is 11.4. The number of fused-ring (bicyclic) bond motifs is 2. The second-order valence-electron chi connectivity index (χ2n) is 6.36. The lowest BCUT2D eigenvalue weighted by atomic mass is 10.1. The number of nitrogens with zero attached hydrogens (tertiary/aromatic N) is 3. The van der Waals surface area contributed by atoms with Crippen LogP contribution in [0.4, 0.5) is 0 Å². The Bertz CT molecular complexity index is 1230. The SMILES string of the molecule is Cc1cccc2c(=O)n(Cc3csc(-c4ccc5c(c4)OCO5)n3)cnc12. The van der Waals surface area contributed by atoms with Gasteiger partial charge in [0.25, 0.3) is 5.56 Å². The molecule has 0 unspecified atom stereocenters. The van der Waals surface area contributed by atoms with Gasteiger partial charge in [0.05, 0.1) is 29.5 Å². The molecular formula is C20H15N3O3S. The largest absolute Gasteiger partial charge is 0.454 e. The van der Waals surface area contributed by atoms with Crippen molar-refractivity contribution in [3.8, 4) is 22.1 Å². The predicted octanol–water partition coefficient (Wildman–Crippen LogP) is 3.61. The number of hydrogen-bond donors (Lipinski definition) is 0. The van der Waals surface area contributed by atoms with Gasteiger partial charge in [0.15, 0.2) is 11.5 Å². The van der Waals surface area contributed by atoms with Gasteiger partial charge in [0.1, 0.15) is 5.01 Å². The second kappa shape index (κ2) is 6.21. The van der Waals surface area contributed by atoms with Crippen molar-refractivity contribution < 1.29 is 9.47 Å². The van der Waals surface area contributed by atoms with E-state index in [1.807, 2.05) is 48.7 Å². The quantitative estimate of drug-likeness (QED) is 0.546. The Labute approximate surface area is 158 Å². The van der Waals surface area contributed by atoms with Crippen molar-refractivity contribution in [1.29, 1.82) is 0 Å². The minimum atomic E-state index is -0.0543. The molecule has 0 saturated carbocycles. The summed E-state index contributed by atoms with van der Waals surface area (Å²) in [5, 5.41) is 3.47. The number of rotatable bonds is 3. The summed E-state index contributed by atoms with van der Waals surface area (Å²) in [7, 11) is 0. The summed E-state index contributed by atoms with van der Waals surface area (Å²) < 4.78 is 12.4. The topological polar surface area (TPSA) is 66.2 Å². The molecule has 4 aromatic rings. The maximum Gasteiger partial charge on any atom is 0.261 e. The fourth-order valence-electron chi connectivity index (χ4n) is 3.17. The molecular weight excluding hydrogens is 362 g/mol. The van der Waals surface area contributed by atoms with Crippen LogP contribution in [0.25, 0.3) is 21.5 Å². The van der Waals surface area contributed by atoms with Crippen LogP contribution in [0.5, 0.6) is 11.5 Å². The molecule has 5 rings (SSSR count). The number of aromatic nitrogens is 3. The summed E-state index contributed by atoms with van der Waals surface area (Å²) in [5.41, 5.74) is 3.48. The molecule has 134 valence electrons. The van der Waals surface area contributed by atoms with Gasteiger partial charge in [-0.15, -0.1) is 11.3 Å². The first-order valence-electron chi connectivity index (χ1n) is 8.48. The highest BCUT2D eigenvalue weighted by molar-refractivity contribution is 7.13. The van der Waals surface area contributed by atoms with Crippen molar-refractivity contribution in [3.63, 3.8) is 0 Å². The van der Waals surface area contributed by atoms with E-state index >= 15 is 0 Å². The molecule has 7 heteroatoms. The molecule has 0 N–H and O–H groups in total. The molecule has 0 aliphatic carbocycles. The lowest BCUT2D eigenvalue weighted by Crippen LogP contribution is -2.21. The number of benzene rings is 2.